The van der Waals surface area contributed by atoms with Crippen LogP contribution in [-0.2, 0) is 13.5 Å². The summed E-state index contributed by atoms with van der Waals surface area (Å²) >= 11 is 13.2. The zero-order valence-corrected chi connectivity index (χ0v) is 21.6. The van der Waals surface area contributed by atoms with Crippen molar-refractivity contribution in [2.45, 2.75) is 19.3 Å². The number of hydrogen-bond donors (Lipinski definition) is 2. The van der Waals surface area contributed by atoms with Crippen molar-refractivity contribution < 1.29 is 14.4 Å². The number of hydrogen-bond acceptors (Lipinski definition) is 10. The molecule has 3 heterocycles. The van der Waals surface area contributed by atoms with Crippen LogP contribution in [0.15, 0.2) is 18.3 Å². The number of aryl methyl sites for hydroxylation is 1. The maximum absolute atomic E-state index is 11.4. The molecule has 0 atom stereocenters. The van der Waals surface area contributed by atoms with Crippen LogP contribution in [-0.4, -0.2) is 43.9 Å². The molecule has 3 N–H and O–H groups in total. The number of benzene rings is 1. The summed E-state index contributed by atoms with van der Waals surface area (Å²) in [7, 11) is 4.57. The van der Waals surface area contributed by atoms with Crippen molar-refractivity contribution in [3.8, 4) is 22.8 Å². The number of nitrogens with zero attached hydrogens (tertiary/aromatic N) is 6. The van der Waals surface area contributed by atoms with Gasteiger partial charge in [0.05, 0.1) is 40.6 Å². The lowest BCUT2D eigenvalue weighted by Gasteiger charge is -2.16. The Balaban J connectivity index is 1.68. The summed E-state index contributed by atoms with van der Waals surface area (Å²) in [5.74, 6) is 1.46. The number of anilines is 3. The topological polar surface area (TPSA) is 156 Å². The predicted octanol–water partition coefficient (Wildman–Crippen LogP) is 4.94. The average molecular weight is 545 g/mol. The lowest BCUT2D eigenvalue weighted by Crippen LogP contribution is -2.07. The molecule has 1 aromatic carbocycles. The minimum Gasteiger partial charge on any atom is -0.495 e. The molecule has 0 amide bonds. The summed E-state index contributed by atoms with van der Waals surface area (Å²) in [5.41, 5.74) is 8.09. The number of aromatic nitrogens is 5. The number of ether oxygens (including phenoxy) is 2. The molecule has 0 unspecified atom stereocenters. The Bertz CT molecular complexity index is 1530. The predicted molar refractivity (Wildman–Crippen MR) is 140 cm³/mol. The molecule has 5 rings (SSSR count). The summed E-state index contributed by atoms with van der Waals surface area (Å²) in [6.45, 7) is 0. The van der Waals surface area contributed by atoms with E-state index in [4.69, 9.17) is 38.4 Å². The molecule has 0 saturated heterocycles. The van der Waals surface area contributed by atoms with Crippen molar-refractivity contribution in [1.82, 2.24) is 24.7 Å². The van der Waals surface area contributed by atoms with Crippen LogP contribution in [0.4, 0.5) is 23.3 Å². The van der Waals surface area contributed by atoms with Crippen molar-refractivity contribution >= 4 is 57.4 Å². The summed E-state index contributed by atoms with van der Waals surface area (Å²) in [6.07, 6.45) is 4.13. The highest BCUT2D eigenvalue weighted by atomic mass is 35.5. The Labute approximate surface area is 220 Å². The van der Waals surface area contributed by atoms with Gasteiger partial charge < -0.3 is 20.5 Å². The summed E-state index contributed by atoms with van der Waals surface area (Å²) in [4.78, 5) is 24.6. The van der Waals surface area contributed by atoms with Crippen molar-refractivity contribution in [2.24, 2.45) is 13.0 Å². The fourth-order valence-electron chi connectivity index (χ4n) is 4.06. The maximum atomic E-state index is 11.4. The molecule has 192 valence electrons. The second kappa shape index (κ2) is 9.52. The fourth-order valence-corrected chi connectivity index (χ4v) is 4.76. The van der Waals surface area contributed by atoms with Gasteiger partial charge in [0.2, 0.25) is 11.8 Å². The van der Waals surface area contributed by atoms with E-state index in [1.165, 1.54) is 25.1 Å². The average Bonchev–Trinajstić information content (AvgIpc) is 3.59. The van der Waals surface area contributed by atoms with Gasteiger partial charge in [0.25, 0.3) is 0 Å². The number of nitro groups is 1. The van der Waals surface area contributed by atoms with Crippen LogP contribution in [0.2, 0.25) is 10.0 Å². The Kier molecular flexibility index (Phi) is 6.38. The van der Waals surface area contributed by atoms with Crippen molar-refractivity contribution in [3.05, 3.63) is 44.2 Å². The quantitative estimate of drug-likeness (QED) is 0.230. The van der Waals surface area contributed by atoms with Gasteiger partial charge in [-0.25, -0.2) is 15.0 Å². The van der Waals surface area contributed by atoms with Gasteiger partial charge >= 0.3 is 5.69 Å². The standard InChI is InChI=1S/C23H22Cl2N8O4/c1-32-9-14(33(34)35)22(31-32)30-23-28-12(6-10-4-5-10)11-7-13(27-21(26)20(11)29-23)17-18(24)15(36-2)8-16(37-3)19(17)25/h7-10H,4-6H2,1-3H3,(H2,26,27)(H,28,29,30,31). The lowest BCUT2D eigenvalue weighted by molar-refractivity contribution is -0.384. The van der Waals surface area contributed by atoms with Crippen LogP contribution >= 0.6 is 23.2 Å². The zero-order valence-electron chi connectivity index (χ0n) is 20.1. The highest BCUT2D eigenvalue weighted by Gasteiger charge is 2.27. The van der Waals surface area contributed by atoms with Gasteiger partial charge in [-0.2, -0.15) is 0 Å². The van der Waals surface area contributed by atoms with E-state index in [9.17, 15) is 10.1 Å². The third-order valence-electron chi connectivity index (χ3n) is 6.03. The van der Waals surface area contributed by atoms with Crippen molar-refractivity contribution in [3.63, 3.8) is 0 Å². The maximum Gasteiger partial charge on any atom is 0.331 e. The Hall–Kier alpha value is -3.90. The molecule has 1 saturated carbocycles. The van der Waals surface area contributed by atoms with Gasteiger partial charge in [-0.1, -0.05) is 23.2 Å². The number of halogens is 2. The molecule has 4 aromatic rings. The van der Waals surface area contributed by atoms with Gasteiger partial charge in [-0.05, 0) is 31.2 Å². The van der Waals surface area contributed by atoms with Crippen molar-refractivity contribution in [1.29, 1.82) is 0 Å². The van der Waals surface area contributed by atoms with E-state index in [2.05, 4.69) is 25.4 Å². The van der Waals surface area contributed by atoms with Crippen LogP contribution in [0.25, 0.3) is 22.2 Å². The summed E-state index contributed by atoms with van der Waals surface area (Å²) in [5, 5.41) is 19.6. The summed E-state index contributed by atoms with van der Waals surface area (Å²) in [6, 6.07) is 3.37. The van der Waals surface area contributed by atoms with E-state index in [-0.39, 0.29) is 33.3 Å². The third-order valence-corrected chi connectivity index (χ3v) is 6.78. The van der Waals surface area contributed by atoms with Gasteiger partial charge in [-0.3, -0.25) is 14.8 Å². The number of nitrogens with two attached hydrogens (primary N) is 1. The molecule has 14 heteroatoms. The molecular formula is C23H22Cl2N8O4. The number of rotatable bonds is 8. The highest BCUT2D eigenvalue weighted by Crippen LogP contribution is 2.46. The molecule has 1 aliphatic carbocycles. The first-order chi connectivity index (χ1) is 17.7. The molecule has 12 nitrogen and oxygen atoms in total. The second-order valence-electron chi connectivity index (χ2n) is 8.63. The van der Waals surface area contributed by atoms with E-state index in [0.29, 0.717) is 51.7 Å². The first-order valence-corrected chi connectivity index (χ1v) is 12.0. The Morgan fingerprint density at radius 3 is 2.43 bits per heavy atom. The van der Waals surface area contributed by atoms with Crippen molar-refractivity contribution in [2.75, 3.05) is 25.3 Å². The third kappa shape index (κ3) is 4.65. The van der Waals surface area contributed by atoms with Gasteiger partial charge in [0.15, 0.2) is 5.82 Å². The second-order valence-corrected chi connectivity index (χ2v) is 9.39. The van der Waals surface area contributed by atoms with Crippen LogP contribution in [0.3, 0.4) is 0 Å². The molecule has 1 aliphatic rings. The summed E-state index contributed by atoms with van der Waals surface area (Å²) < 4.78 is 12.1. The van der Waals surface area contributed by atoms with Crippen LogP contribution in [0, 0.1) is 16.0 Å². The monoisotopic (exact) mass is 544 g/mol. The molecule has 0 bridgehead atoms. The van der Waals surface area contributed by atoms with Gasteiger partial charge in [-0.15, -0.1) is 5.10 Å². The molecule has 37 heavy (non-hydrogen) atoms. The minimum atomic E-state index is -0.528. The van der Waals surface area contributed by atoms with Gasteiger partial charge in [0, 0.05) is 24.1 Å². The Morgan fingerprint density at radius 1 is 1.16 bits per heavy atom. The SMILES string of the molecule is COc1cc(OC)c(Cl)c(-c2cc3c(CC4CC4)nc(Nc4nn(C)cc4[N+](=O)[O-])nc3c(N)n2)c1Cl. The molecular weight excluding hydrogens is 523 g/mol. The number of nitrogen functional groups attached to an aromatic ring is 1. The van der Waals surface area contributed by atoms with Crippen LogP contribution in [0.1, 0.15) is 18.5 Å². The minimum absolute atomic E-state index is 0.0226. The van der Waals surface area contributed by atoms with Crippen LogP contribution in [0.5, 0.6) is 11.5 Å². The lowest BCUT2D eigenvalue weighted by atomic mass is 10.0. The molecule has 0 spiro atoms. The first-order valence-electron chi connectivity index (χ1n) is 11.2. The Morgan fingerprint density at radius 2 is 1.84 bits per heavy atom. The van der Waals surface area contributed by atoms with E-state index in [1.54, 1.807) is 19.2 Å². The first kappa shape index (κ1) is 24.8. The number of fused-ring (bicyclic) bond motifs is 1. The fraction of sp³-hybridized carbons (Fsp3) is 0.304. The molecule has 3 aromatic heterocycles. The molecule has 0 aliphatic heterocycles. The number of methoxy groups -OCH3 is 2. The smallest absolute Gasteiger partial charge is 0.331 e. The van der Waals surface area contributed by atoms with E-state index >= 15 is 0 Å². The van der Waals surface area contributed by atoms with Crippen LogP contribution < -0.4 is 20.5 Å². The molecule has 0 radical (unpaired) electrons. The van der Waals surface area contributed by atoms with E-state index < -0.39 is 4.92 Å². The van der Waals surface area contributed by atoms with E-state index in [0.717, 1.165) is 12.8 Å². The molecule has 1 fully saturated rings. The zero-order chi connectivity index (χ0) is 26.4. The van der Waals surface area contributed by atoms with E-state index in [1.807, 2.05) is 0 Å². The normalized spacial score (nSPS) is 13.1. The van der Waals surface area contributed by atoms with Gasteiger partial charge in [0.1, 0.15) is 23.2 Å². The largest absolute Gasteiger partial charge is 0.495 e. The number of pyridine rings is 1. The highest BCUT2D eigenvalue weighted by molar-refractivity contribution is 6.41. The number of nitrogens with one attached hydrogen (secondary N) is 1.